The van der Waals surface area contributed by atoms with Crippen molar-refractivity contribution in [3.05, 3.63) is 0 Å². The molecule has 2 unspecified atom stereocenters. The van der Waals surface area contributed by atoms with Crippen LogP contribution in [0, 0.1) is 5.92 Å². The summed E-state index contributed by atoms with van der Waals surface area (Å²) in [6.07, 6.45) is 3.95. The van der Waals surface area contributed by atoms with Crippen LogP contribution < -0.4 is 10.6 Å². The van der Waals surface area contributed by atoms with Crippen LogP contribution in [0.15, 0.2) is 4.99 Å². The molecule has 0 saturated carbocycles. The molecule has 2 atom stereocenters. The van der Waals surface area contributed by atoms with Gasteiger partial charge in [0, 0.05) is 33.4 Å². The number of nitrogens with one attached hydrogen (secondary N) is 2. The second kappa shape index (κ2) is 12.5. The first kappa shape index (κ1) is 20.9. The van der Waals surface area contributed by atoms with E-state index >= 15 is 0 Å². The van der Waals surface area contributed by atoms with Crippen molar-refractivity contribution < 1.29 is 9.47 Å². The molecule has 21 heavy (non-hydrogen) atoms. The fourth-order valence-electron chi connectivity index (χ4n) is 2.39. The first-order valence-electron chi connectivity index (χ1n) is 7.85. The molecule has 1 aliphatic heterocycles. The third-order valence-corrected chi connectivity index (χ3v) is 3.59. The third-order valence-electron chi connectivity index (χ3n) is 3.59. The molecule has 1 aliphatic rings. The molecule has 0 aromatic carbocycles. The van der Waals surface area contributed by atoms with Gasteiger partial charge in [-0.15, -0.1) is 24.0 Å². The molecule has 2 N–H and O–H groups in total. The highest BCUT2D eigenvalue weighted by atomic mass is 127. The lowest BCUT2D eigenvalue weighted by Gasteiger charge is -2.22. The monoisotopic (exact) mass is 413 g/mol. The van der Waals surface area contributed by atoms with Crippen LogP contribution in [-0.2, 0) is 9.47 Å². The lowest BCUT2D eigenvalue weighted by Crippen LogP contribution is -2.42. The van der Waals surface area contributed by atoms with Gasteiger partial charge >= 0.3 is 0 Å². The highest BCUT2D eigenvalue weighted by molar-refractivity contribution is 14.0. The van der Waals surface area contributed by atoms with Crippen molar-refractivity contribution in [3.63, 3.8) is 0 Å². The van der Waals surface area contributed by atoms with Crippen molar-refractivity contribution in [2.75, 3.05) is 33.4 Å². The van der Waals surface area contributed by atoms with E-state index in [1.54, 1.807) is 7.05 Å². The van der Waals surface area contributed by atoms with E-state index in [0.717, 1.165) is 45.1 Å². The van der Waals surface area contributed by atoms with Gasteiger partial charge in [0.1, 0.15) is 0 Å². The first-order chi connectivity index (χ1) is 9.67. The van der Waals surface area contributed by atoms with Crippen molar-refractivity contribution in [2.24, 2.45) is 10.9 Å². The Morgan fingerprint density at radius 3 is 2.67 bits per heavy atom. The van der Waals surface area contributed by atoms with Crippen LogP contribution in [0.4, 0.5) is 0 Å². The van der Waals surface area contributed by atoms with E-state index in [-0.39, 0.29) is 24.0 Å². The Hall–Kier alpha value is -0.0800. The second-order valence-electron chi connectivity index (χ2n) is 5.54. The average molecular weight is 413 g/mol. The summed E-state index contributed by atoms with van der Waals surface area (Å²) < 4.78 is 11.3. The minimum Gasteiger partial charge on any atom is -0.378 e. The molecule has 1 heterocycles. The summed E-state index contributed by atoms with van der Waals surface area (Å²) >= 11 is 0. The largest absolute Gasteiger partial charge is 0.378 e. The summed E-state index contributed by atoms with van der Waals surface area (Å²) in [5.74, 6) is 1.39. The quantitative estimate of drug-likeness (QED) is 0.365. The summed E-state index contributed by atoms with van der Waals surface area (Å²) in [6.45, 7) is 9.81. The smallest absolute Gasteiger partial charge is 0.191 e. The van der Waals surface area contributed by atoms with Gasteiger partial charge in [-0.05, 0) is 32.1 Å². The van der Waals surface area contributed by atoms with Gasteiger partial charge in [-0.1, -0.05) is 13.8 Å². The zero-order valence-corrected chi connectivity index (χ0v) is 16.2. The Morgan fingerprint density at radius 2 is 2.14 bits per heavy atom. The predicted molar refractivity (Wildman–Crippen MR) is 98.6 cm³/mol. The van der Waals surface area contributed by atoms with Crippen molar-refractivity contribution >= 4 is 29.9 Å². The number of hydrogen-bond acceptors (Lipinski definition) is 3. The number of halogens is 1. The molecule has 0 aromatic heterocycles. The van der Waals surface area contributed by atoms with E-state index in [1.165, 1.54) is 6.42 Å². The molecule has 1 rings (SSSR count). The summed E-state index contributed by atoms with van der Waals surface area (Å²) in [6, 6.07) is 0. The molecule has 5 nitrogen and oxygen atoms in total. The van der Waals surface area contributed by atoms with Gasteiger partial charge in [0.05, 0.1) is 12.2 Å². The molecule has 0 amide bonds. The highest BCUT2D eigenvalue weighted by Gasteiger charge is 2.16. The van der Waals surface area contributed by atoms with Gasteiger partial charge in [-0.3, -0.25) is 4.99 Å². The van der Waals surface area contributed by atoms with Crippen LogP contribution in [-0.4, -0.2) is 51.5 Å². The second-order valence-corrected chi connectivity index (χ2v) is 5.54. The van der Waals surface area contributed by atoms with Gasteiger partial charge in [0.2, 0.25) is 0 Å². The highest BCUT2D eigenvalue weighted by Crippen LogP contribution is 2.11. The number of aliphatic imine (C=N–C) groups is 1. The fourth-order valence-corrected chi connectivity index (χ4v) is 2.39. The van der Waals surface area contributed by atoms with E-state index in [9.17, 15) is 0 Å². The number of guanidine groups is 1. The van der Waals surface area contributed by atoms with Crippen LogP contribution in [0.2, 0.25) is 0 Å². The summed E-state index contributed by atoms with van der Waals surface area (Å²) in [5.41, 5.74) is 0. The zero-order chi connectivity index (χ0) is 14.8. The van der Waals surface area contributed by atoms with Crippen molar-refractivity contribution in [2.45, 2.75) is 52.2 Å². The molecule has 6 heteroatoms. The maximum absolute atomic E-state index is 5.74. The molecule has 0 spiro atoms. The number of rotatable bonds is 8. The van der Waals surface area contributed by atoms with E-state index in [1.807, 2.05) is 6.92 Å². The maximum atomic E-state index is 5.74. The van der Waals surface area contributed by atoms with Gasteiger partial charge in [-0.2, -0.15) is 0 Å². The van der Waals surface area contributed by atoms with Crippen LogP contribution in [0.3, 0.4) is 0 Å². The minimum absolute atomic E-state index is 0. The normalized spacial score (nSPS) is 20.2. The predicted octanol–water partition coefficient (Wildman–Crippen LogP) is 2.40. The van der Waals surface area contributed by atoms with E-state index in [4.69, 9.17) is 9.47 Å². The molecular formula is C15H32IN3O2. The average Bonchev–Trinajstić information content (AvgIpc) is 2.94. The van der Waals surface area contributed by atoms with Gasteiger partial charge in [0.15, 0.2) is 5.96 Å². The fraction of sp³-hybridized carbons (Fsp3) is 0.933. The van der Waals surface area contributed by atoms with E-state index in [2.05, 4.69) is 29.5 Å². The first-order valence-corrected chi connectivity index (χ1v) is 7.85. The molecule has 1 fully saturated rings. The number of nitrogens with zero attached hydrogens (tertiary/aromatic N) is 1. The number of hydrogen-bond donors (Lipinski definition) is 2. The van der Waals surface area contributed by atoms with Gasteiger partial charge in [0.25, 0.3) is 0 Å². The van der Waals surface area contributed by atoms with Crippen LogP contribution in [0.5, 0.6) is 0 Å². The van der Waals surface area contributed by atoms with Gasteiger partial charge in [-0.25, -0.2) is 0 Å². The maximum Gasteiger partial charge on any atom is 0.191 e. The van der Waals surface area contributed by atoms with Crippen LogP contribution >= 0.6 is 24.0 Å². The summed E-state index contributed by atoms with van der Waals surface area (Å²) in [5, 5.41) is 6.66. The molecule has 0 aromatic rings. The Bertz CT molecular complexity index is 282. The Morgan fingerprint density at radius 1 is 1.38 bits per heavy atom. The molecule has 0 radical (unpaired) electrons. The lowest BCUT2D eigenvalue weighted by molar-refractivity contribution is 0.0258. The molecule has 0 aliphatic carbocycles. The summed E-state index contributed by atoms with van der Waals surface area (Å²) in [4.78, 5) is 4.23. The topological polar surface area (TPSA) is 54.9 Å². The molecule has 126 valence electrons. The number of ether oxygens (including phenoxy) is 2. The van der Waals surface area contributed by atoms with Gasteiger partial charge < -0.3 is 20.1 Å². The minimum atomic E-state index is 0. The van der Waals surface area contributed by atoms with Crippen molar-refractivity contribution in [3.8, 4) is 0 Å². The molecule has 1 saturated heterocycles. The Labute approximate surface area is 146 Å². The molecule has 0 bridgehead atoms. The SMILES string of the molecule is CCOC(CCNC(=NC)NCC1CCCO1)C(C)C.I. The third kappa shape index (κ3) is 8.83. The Balaban J connectivity index is 0.00000400. The van der Waals surface area contributed by atoms with Crippen molar-refractivity contribution in [1.29, 1.82) is 0 Å². The Kier molecular flexibility index (Phi) is 12.4. The van der Waals surface area contributed by atoms with Crippen LogP contribution in [0.1, 0.15) is 40.0 Å². The van der Waals surface area contributed by atoms with Crippen molar-refractivity contribution in [1.82, 2.24) is 10.6 Å². The molecular weight excluding hydrogens is 381 g/mol. The summed E-state index contributed by atoms with van der Waals surface area (Å²) in [7, 11) is 1.80. The van der Waals surface area contributed by atoms with E-state index in [0.29, 0.717) is 18.1 Å². The lowest BCUT2D eigenvalue weighted by atomic mass is 10.0. The standard InChI is InChI=1S/C15H31N3O2.HI/c1-5-19-14(12(2)3)8-9-17-15(16-4)18-11-13-7-6-10-20-13;/h12-14H,5-11H2,1-4H3,(H2,16,17,18);1H. The van der Waals surface area contributed by atoms with Crippen LogP contribution in [0.25, 0.3) is 0 Å². The van der Waals surface area contributed by atoms with E-state index < -0.39 is 0 Å². The zero-order valence-electron chi connectivity index (χ0n) is 13.9.